The lowest BCUT2D eigenvalue weighted by Gasteiger charge is -2.25. The first-order chi connectivity index (χ1) is 14.0. The summed E-state index contributed by atoms with van der Waals surface area (Å²) < 4.78 is 10.9. The van der Waals surface area contributed by atoms with Gasteiger partial charge in [-0.3, -0.25) is 4.79 Å². The summed E-state index contributed by atoms with van der Waals surface area (Å²) in [6.45, 7) is 0.380. The van der Waals surface area contributed by atoms with E-state index in [1.54, 1.807) is 24.3 Å². The van der Waals surface area contributed by atoms with Crippen LogP contribution in [0.1, 0.15) is 17.9 Å². The van der Waals surface area contributed by atoms with Crippen LogP contribution in [0.5, 0.6) is 11.5 Å². The predicted molar refractivity (Wildman–Crippen MR) is 116 cm³/mol. The average molecular weight is 449 g/mol. The number of halogens is 2. The Labute approximate surface area is 183 Å². The van der Waals surface area contributed by atoms with E-state index in [2.05, 4.69) is 11.4 Å². The van der Waals surface area contributed by atoms with Gasteiger partial charge >= 0.3 is 0 Å². The number of hydrogen-bond acceptors (Lipinski definition) is 5. The van der Waals surface area contributed by atoms with Crippen molar-refractivity contribution in [2.45, 2.75) is 12.3 Å². The van der Waals surface area contributed by atoms with Crippen LogP contribution in [-0.4, -0.2) is 25.4 Å². The van der Waals surface area contributed by atoms with Crippen LogP contribution < -0.4 is 14.8 Å². The standard InChI is InChI=1S/C21H18Cl2N2O3S/c1-27-18-7-6-13(10-17(18)23)14-11-20(26)25-21(15(14)12-24)29-9-8-28-19-5-3-2-4-16(19)22/h2-7,10,14H,8-9,11H2,1H3,(H,25,26)/t14-/m1/s1. The molecule has 1 heterocycles. The van der Waals surface area contributed by atoms with E-state index in [0.717, 1.165) is 5.56 Å². The molecule has 29 heavy (non-hydrogen) atoms. The lowest BCUT2D eigenvalue weighted by molar-refractivity contribution is -0.120. The summed E-state index contributed by atoms with van der Waals surface area (Å²) in [5.74, 6) is 1.19. The molecule has 1 aliphatic heterocycles. The molecule has 0 aliphatic carbocycles. The van der Waals surface area contributed by atoms with Crippen molar-refractivity contribution in [3.05, 3.63) is 68.7 Å². The van der Waals surface area contributed by atoms with Crippen molar-refractivity contribution in [2.75, 3.05) is 19.5 Å². The minimum Gasteiger partial charge on any atom is -0.495 e. The molecule has 0 unspecified atom stereocenters. The largest absolute Gasteiger partial charge is 0.495 e. The van der Waals surface area contributed by atoms with Gasteiger partial charge in [0.05, 0.1) is 40.4 Å². The molecule has 0 radical (unpaired) electrons. The van der Waals surface area contributed by atoms with Gasteiger partial charge in [-0.2, -0.15) is 5.26 Å². The zero-order valence-corrected chi connectivity index (χ0v) is 17.9. The van der Waals surface area contributed by atoms with Crippen LogP contribution in [-0.2, 0) is 4.79 Å². The molecule has 1 atom stereocenters. The third-order valence-electron chi connectivity index (χ3n) is 4.36. The van der Waals surface area contributed by atoms with Gasteiger partial charge in [0.25, 0.3) is 0 Å². The Morgan fingerprint density at radius 1 is 1.21 bits per heavy atom. The molecular formula is C21H18Cl2N2O3S. The molecule has 2 aromatic rings. The third kappa shape index (κ3) is 5.18. The molecule has 0 fully saturated rings. The number of carbonyl (C=O) groups is 1. The van der Waals surface area contributed by atoms with E-state index in [-0.39, 0.29) is 18.2 Å². The molecule has 8 heteroatoms. The molecule has 0 saturated heterocycles. The van der Waals surface area contributed by atoms with Crippen molar-refractivity contribution in [3.63, 3.8) is 0 Å². The Bertz CT molecular complexity index is 988. The number of carbonyl (C=O) groups excluding carboxylic acids is 1. The number of para-hydroxylation sites is 1. The van der Waals surface area contributed by atoms with Crippen molar-refractivity contribution in [1.29, 1.82) is 5.26 Å². The van der Waals surface area contributed by atoms with Gasteiger partial charge < -0.3 is 14.8 Å². The van der Waals surface area contributed by atoms with Gasteiger partial charge in [-0.15, -0.1) is 11.8 Å². The highest BCUT2D eigenvalue weighted by Gasteiger charge is 2.30. The van der Waals surface area contributed by atoms with Gasteiger partial charge in [0.2, 0.25) is 5.91 Å². The van der Waals surface area contributed by atoms with E-state index in [0.29, 0.717) is 44.5 Å². The Morgan fingerprint density at radius 3 is 2.69 bits per heavy atom. The van der Waals surface area contributed by atoms with Crippen molar-refractivity contribution in [1.82, 2.24) is 5.32 Å². The zero-order valence-electron chi connectivity index (χ0n) is 15.6. The number of nitrogens with one attached hydrogen (secondary N) is 1. The van der Waals surface area contributed by atoms with Crippen LogP contribution in [0.4, 0.5) is 0 Å². The highest BCUT2D eigenvalue weighted by Crippen LogP contribution is 2.38. The van der Waals surface area contributed by atoms with Gasteiger partial charge in [0, 0.05) is 18.1 Å². The number of allylic oxidation sites excluding steroid dienone is 1. The molecule has 1 aliphatic rings. The number of thioether (sulfide) groups is 1. The van der Waals surface area contributed by atoms with Crippen LogP contribution in [0.2, 0.25) is 10.0 Å². The fourth-order valence-electron chi connectivity index (χ4n) is 2.97. The Balaban J connectivity index is 1.73. The molecule has 1 amide bonds. The molecule has 0 saturated carbocycles. The number of nitriles is 1. The number of benzene rings is 2. The Morgan fingerprint density at radius 2 is 2.00 bits per heavy atom. The van der Waals surface area contributed by atoms with E-state index in [9.17, 15) is 10.1 Å². The first-order valence-electron chi connectivity index (χ1n) is 8.81. The normalized spacial score (nSPS) is 16.2. The second kappa shape index (κ2) is 9.93. The summed E-state index contributed by atoms with van der Waals surface area (Å²) in [7, 11) is 1.54. The van der Waals surface area contributed by atoms with Gasteiger partial charge in [-0.1, -0.05) is 41.4 Å². The summed E-state index contributed by atoms with van der Waals surface area (Å²) >= 11 is 13.7. The van der Waals surface area contributed by atoms with E-state index in [4.69, 9.17) is 32.7 Å². The highest BCUT2D eigenvalue weighted by molar-refractivity contribution is 8.03. The van der Waals surface area contributed by atoms with Crippen LogP contribution in [0.15, 0.2) is 53.1 Å². The number of amides is 1. The molecular weight excluding hydrogens is 431 g/mol. The van der Waals surface area contributed by atoms with Gasteiger partial charge in [-0.05, 0) is 29.8 Å². The Hall–Kier alpha value is -2.33. The molecule has 2 aromatic carbocycles. The van der Waals surface area contributed by atoms with Crippen LogP contribution in [0, 0.1) is 11.3 Å². The van der Waals surface area contributed by atoms with Crippen LogP contribution >= 0.6 is 35.0 Å². The first kappa shape index (κ1) is 21.4. The summed E-state index contributed by atoms with van der Waals surface area (Å²) in [5.41, 5.74) is 1.31. The van der Waals surface area contributed by atoms with E-state index in [1.807, 2.05) is 18.2 Å². The van der Waals surface area contributed by atoms with Crippen molar-refractivity contribution in [2.24, 2.45) is 0 Å². The second-order valence-electron chi connectivity index (χ2n) is 6.18. The summed E-state index contributed by atoms with van der Waals surface area (Å²) in [5, 5.41) is 14.1. The number of hydrogen-bond donors (Lipinski definition) is 1. The zero-order chi connectivity index (χ0) is 20.8. The maximum atomic E-state index is 12.3. The van der Waals surface area contributed by atoms with Gasteiger partial charge in [-0.25, -0.2) is 0 Å². The molecule has 0 bridgehead atoms. The first-order valence-corrected chi connectivity index (χ1v) is 10.5. The molecule has 5 nitrogen and oxygen atoms in total. The van der Waals surface area contributed by atoms with Gasteiger partial charge in [0.1, 0.15) is 11.5 Å². The maximum absolute atomic E-state index is 12.3. The summed E-state index contributed by atoms with van der Waals surface area (Å²) in [4.78, 5) is 12.3. The van der Waals surface area contributed by atoms with E-state index >= 15 is 0 Å². The number of nitrogens with zero attached hydrogens (tertiary/aromatic N) is 1. The summed E-state index contributed by atoms with van der Waals surface area (Å²) in [6.07, 6.45) is 0.186. The molecule has 1 N–H and O–H groups in total. The molecule has 0 spiro atoms. The van der Waals surface area contributed by atoms with Crippen molar-refractivity contribution < 1.29 is 14.3 Å². The lowest BCUT2D eigenvalue weighted by Crippen LogP contribution is -2.31. The monoisotopic (exact) mass is 448 g/mol. The SMILES string of the molecule is COc1ccc([C@H]2CC(=O)NC(SCCOc3ccccc3Cl)=C2C#N)cc1Cl. The minimum atomic E-state index is -0.357. The van der Waals surface area contributed by atoms with Crippen LogP contribution in [0.25, 0.3) is 0 Å². The van der Waals surface area contributed by atoms with Crippen LogP contribution in [0.3, 0.4) is 0 Å². The molecule has 0 aromatic heterocycles. The minimum absolute atomic E-state index is 0.143. The fraction of sp³-hybridized carbons (Fsp3) is 0.238. The van der Waals surface area contributed by atoms with E-state index in [1.165, 1.54) is 18.9 Å². The topological polar surface area (TPSA) is 71.3 Å². The number of ether oxygens (including phenoxy) is 2. The lowest BCUT2D eigenvalue weighted by atomic mass is 9.87. The number of methoxy groups -OCH3 is 1. The maximum Gasteiger partial charge on any atom is 0.225 e. The second-order valence-corrected chi connectivity index (χ2v) is 8.10. The smallest absolute Gasteiger partial charge is 0.225 e. The molecule has 3 rings (SSSR count). The summed E-state index contributed by atoms with van der Waals surface area (Å²) in [6, 6.07) is 14.8. The average Bonchev–Trinajstić information content (AvgIpc) is 2.72. The van der Waals surface area contributed by atoms with Crippen molar-refractivity contribution >= 4 is 40.9 Å². The van der Waals surface area contributed by atoms with Gasteiger partial charge in [0.15, 0.2) is 0 Å². The van der Waals surface area contributed by atoms with E-state index < -0.39 is 0 Å². The predicted octanol–water partition coefficient (Wildman–Crippen LogP) is 5.15. The van der Waals surface area contributed by atoms with Crippen molar-refractivity contribution in [3.8, 4) is 17.6 Å². The quantitative estimate of drug-likeness (QED) is 0.592. The highest BCUT2D eigenvalue weighted by atomic mass is 35.5. The Kier molecular flexibility index (Phi) is 7.32. The molecule has 150 valence electrons. The third-order valence-corrected chi connectivity index (χ3v) is 5.95. The number of rotatable bonds is 7. The fourth-order valence-corrected chi connectivity index (χ4v) is 4.33.